The van der Waals surface area contributed by atoms with Crippen LogP contribution >= 0.6 is 0 Å². The van der Waals surface area contributed by atoms with E-state index in [-0.39, 0.29) is 18.0 Å². The Bertz CT molecular complexity index is 1160. The van der Waals surface area contributed by atoms with Crippen molar-refractivity contribution in [3.05, 3.63) is 53.6 Å². The Morgan fingerprint density at radius 1 is 1.00 bits per heavy atom. The second kappa shape index (κ2) is 17.6. The minimum absolute atomic E-state index is 0.0915. The molecule has 16 heteroatoms. The molecule has 1 amide bonds. The van der Waals surface area contributed by atoms with Crippen molar-refractivity contribution in [2.24, 2.45) is 0 Å². The second-order valence-electron chi connectivity index (χ2n) is 9.96. The first-order valence-corrected chi connectivity index (χ1v) is 13.9. The fourth-order valence-corrected chi connectivity index (χ4v) is 4.29. The van der Waals surface area contributed by atoms with E-state index < -0.39 is 24.3 Å². The van der Waals surface area contributed by atoms with E-state index in [4.69, 9.17) is 19.8 Å². The first kappa shape index (κ1) is 38.4. The first-order chi connectivity index (χ1) is 20.4. The number of nitrogens with zero attached hydrogens (tertiary/aromatic N) is 4. The predicted molar refractivity (Wildman–Crippen MR) is 149 cm³/mol. The average molecular weight is 640 g/mol. The summed E-state index contributed by atoms with van der Waals surface area (Å²) in [6.07, 6.45) is -6.41. The highest BCUT2D eigenvalue weighted by molar-refractivity contribution is 5.83. The molecule has 1 aromatic carbocycles. The second-order valence-corrected chi connectivity index (χ2v) is 9.96. The minimum atomic E-state index is -5.08. The number of carboxylic acids is 2. The summed E-state index contributed by atoms with van der Waals surface area (Å²) in [5.41, 5.74) is 3.36. The first-order valence-electron chi connectivity index (χ1n) is 13.9. The lowest BCUT2D eigenvalue weighted by atomic mass is 10.00. The zero-order valence-electron chi connectivity index (χ0n) is 25.0. The van der Waals surface area contributed by atoms with Crippen LogP contribution in [0.25, 0.3) is 0 Å². The third-order valence-electron chi connectivity index (χ3n) is 6.53. The van der Waals surface area contributed by atoms with Crippen LogP contribution in [0.3, 0.4) is 0 Å². The third-order valence-corrected chi connectivity index (χ3v) is 6.53. The van der Waals surface area contributed by atoms with E-state index in [1.54, 1.807) is 0 Å². The van der Waals surface area contributed by atoms with Crippen LogP contribution in [-0.2, 0) is 27.3 Å². The number of fused-ring (bicyclic) bond motifs is 1. The monoisotopic (exact) mass is 639 g/mol. The molecule has 0 bridgehead atoms. The van der Waals surface area contributed by atoms with E-state index in [1.165, 1.54) is 5.56 Å². The maximum Gasteiger partial charge on any atom is 0.490 e. The molecule has 1 atom stereocenters. The van der Waals surface area contributed by atoms with Crippen LogP contribution in [0.2, 0.25) is 0 Å². The van der Waals surface area contributed by atoms with Crippen molar-refractivity contribution in [3.63, 3.8) is 0 Å². The Morgan fingerprint density at radius 2 is 1.52 bits per heavy atom. The molecule has 3 N–H and O–H groups in total. The molecule has 2 aromatic rings. The molecule has 2 heterocycles. The minimum Gasteiger partial charge on any atom is -0.475 e. The molecule has 1 aliphatic rings. The van der Waals surface area contributed by atoms with Crippen molar-refractivity contribution in [1.82, 2.24) is 24.7 Å². The van der Waals surface area contributed by atoms with Gasteiger partial charge in [-0.2, -0.15) is 26.3 Å². The molecule has 0 radical (unpaired) electrons. The van der Waals surface area contributed by atoms with Crippen LogP contribution in [0.15, 0.2) is 36.7 Å². The zero-order chi connectivity index (χ0) is 33.7. The van der Waals surface area contributed by atoms with Gasteiger partial charge in [-0.05, 0) is 45.5 Å². The van der Waals surface area contributed by atoms with Crippen molar-refractivity contribution >= 4 is 17.8 Å². The Morgan fingerprint density at radius 3 is 1.98 bits per heavy atom. The number of imidazole rings is 1. The number of benzene rings is 1. The molecular weight excluding hydrogens is 600 g/mol. The van der Waals surface area contributed by atoms with E-state index in [2.05, 4.69) is 76.6 Å². The molecule has 44 heavy (non-hydrogen) atoms. The van der Waals surface area contributed by atoms with Gasteiger partial charge in [0.15, 0.2) is 0 Å². The van der Waals surface area contributed by atoms with Gasteiger partial charge < -0.3 is 25.0 Å². The number of carboxylic acid groups (broad SMARTS) is 2. The summed E-state index contributed by atoms with van der Waals surface area (Å²) < 4.78 is 65.6. The summed E-state index contributed by atoms with van der Waals surface area (Å²) in [5, 5.41) is 17.5. The maximum absolute atomic E-state index is 13.4. The number of nitrogens with one attached hydrogen (secondary N) is 1. The van der Waals surface area contributed by atoms with Gasteiger partial charge in [-0.1, -0.05) is 44.2 Å². The summed E-state index contributed by atoms with van der Waals surface area (Å²) in [6, 6.07) is 10.4. The maximum atomic E-state index is 13.4. The number of halogens is 6. The number of alkyl halides is 6. The summed E-state index contributed by atoms with van der Waals surface area (Å²) in [5.74, 6) is -5.42. The number of carbonyl (C=O) groups excluding carboxylic acids is 1. The highest BCUT2D eigenvalue weighted by Crippen LogP contribution is 2.32. The lowest BCUT2D eigenvalue weighted by Crippen LogP contribution is -2.45. The summed E-state index contributed by atoms with van der Waals surface area (Å²) in [7, 11) is 0. The molecule has 1 aromatic heterocycles. The number of carbonyl (C=O) groups is 3. The van der Waals surface area contributed by atoms with Crippen LogP contribution in [0.4, 0.5) is 26.3 Å². The highest BCUT2D eigenvalue weighted by Gasteiger charge is 2.39. The van der Waals surface area contributed by atoms with Gasteiger partial charge >= 0.3 is 24.3 Å². The van der Waals surface area contributed by atoms with E-state index in [0.29, 0.717) is 6.54 Å². The van der Waals surface area contributed by atoms with Gasteiger partial charge in [0, 0.05) is 32.1 Å². The normalized spacial score (nSPS) is 15.0. The lowest BCUT2D eigenvalue weighted by molar-refractivity contribution is -0.193. The molecule has 0 fully saturated rings. The SMILES string of the molecule is CCN(CC)CCCNC(=O)C1c2c(ncn2C(C)C)CCN1Cc1ccccc1.O=C(O)C(F)(F)F.O=C(O)C(F)(F)F. The van der Waals surface area contributed by atoms with Gasteiger partial charge in [-0.3, -0.25) is 9.69 Å². The molecule has 1 unspecified atom stereocenters. The Kier molecular flexibility index (Phi) is 15.3. The van der Waals surface area contributed by atoms with Gasteiger partial charge in [0.1, 0.15) is 6.04 Å². The molecule has 0 saturated carbocycles. The predicted octanol–water partition coefficient (Wildman–Crippen LogP) is 4.68. The molecular formula is C28H39F6N5O5. The molecule has 0 spiro atoms. The fraction of sp³-hybridized carbons (Fsp3) is 0.571. The van der Waals surface area contributed by atoms with Crippen LogP contribution in [0.5, 0.6) is 0 Å². The zero-order valence-corrected chi connectivity index (χ0v) is 25.0. The van der Waals surface area contributed by atoms with Crippen LogP contribution < -0.4 is 5.32 Å². The summed E-state index contributed by atoms with van der Waals surface area (Å²) in [4.78, 5) is 40.5. The largest absolute Gasteiger partial charge is 0.490 e. The van der Waals surface area contributed by atoms with Gasteiger partial charge in [0.2, 0.25) is 5.91 Å². The lowest BCUT2D eigenvalue weighted by Gasteiger charge is -2.36. The van der Waals surface area contributed by atoms with Crippen molar-refractivity contribution < 1.29 is 50.9 Å². The molecule has 0 saturated heterocycles. The van der Waals surface area contributed by atoms with Gasteiger partial charge in [0.25, 0.3) is 0 Å². The number of rotatable bonds is 10. The summed E-state index contributed by atoms with van der Waals surface area (Å²) >= 11 is 0. The third kappa shape index (κ3) is 12.5. The quantitative estimate of drug-likeness (QED) is 0.253. The van der Waals surface area contributed by atoms with E-state index in [0.717, 1.165) is 57.0 Å². The summed E-state index contributed by atoms with van der Waals surface area (Å²) in [6.45, 7) is 14.1. The van der Waals surface area contributed by atoms with Crippen molar-refractivity contribution in [3.8, 4) is 0 Å². The van der Waals surface area contributed by atoms with E-state index in [1.807, 2.05) is 12.4 Å². The molecule has 248 valence electrons. The van der Waals surface area contributed by atoms with Crippen LogP contribution in [-0.4, -0.2) is 92.5 Å². The van der Waals surface area contributed by atoms with Crippen LogP contribution in [0.1, 0.15) is 63.2 Å². The smallest absolute Gasteiger partial charge is 0.475 e. The number of aliphatic carboxylic acids is 2. The van der Waals surface area contributed by atoms with Crippen molar-refractivity contribution in [2.75, 3.05) is 32.7 Å². The average Bonchev–Trinajstić information content (AvgIpc) is 3.38. The van der Waals surface area contributed by atoms with E-state index >= 15 is 0 Å². The van der Waals surface area contributed by atoms with Crippen LogP contribution in [0, 0.1) is 0 Å². The standard InChI is InChI=1S/C24H37N5O.2C2HF3O2/c1-5-27(6-2)15-10-14-25-24(30)23-22-21(26-18-29(22)19(3)4)13-16-28(23)17-20-11-8-7-9-12-20;2*3-2(4,5)1(6)7/h7-9,11-12,18-19,23H,5-6,10,13-17H2,1-4H3,(H,25,30);2*(H,6,7). The molecule has 0 aliphatic carbocycles. The van der Waals surface area contributed by atoms with Gasteiger partial charge in [-0.15, -0.1) is 0 Å². The molecule has 3 rings (SSSR count). The number of hydrogen-bond donors (Lipinski definition) is 3. The van der Waals surface area contributed by atoms with Gasteiger partial charge in [0.05, 0.1) is 17.7 Å². The van der Waals surface area contributed by atoms with Gasteiger partial charge in [-0.25, -0.2) is 14.6 Å². The number of amides is 1. The van der Waals surface area contributed by atoms with Crippen molar-refractivity contribution in [1.29, 1.82) is 0 Å². The topological polar surface area (TPSA) is 128 Å². The Labute approximate surface area is 251 Å². The molecule has 1 aliphatic heterocycles. The Hall–Kier alpha value is -3.66. The Balaban J connectivity index is 0.000000574. The van der Waals surface area contributed by atoms with E-state index in [9.17, 15) is 31.1 Å². The number of hydrogen-bond acceptors (Lipinski definition) is 6. The number of aromatic nitrogens is 2. The highest BCUT2D eigenvalue weighted by atomic mass is 19.4. The fourth-order valence-electron chi connectivity index (χ4n) is 4.29. The van der Waals surface area contributed by atoms with Crippen molar-refractivity contribution in [2.45, 2.75) is 71.5 Å². The molecule has 10 nitrogen and oxygen atoms in total.